The van der Waals surface area contributed by atoms with Crippen LogP contribution in [0.15, 0.2) is 24.3 Å². The molecule has 1 aliphatic carbocycles. The van der Waals surface area contributed by atoms with Crippen LogP contribution in [0.2, 0.25) is 0 Å². The largest absolute Gasteiger partial charge is 0.484 e. The van der Waals surface area contributed by atoms with Crippen LogP contribution in [0.4, 0.5) is 5.69 Å². The minimum Gasteiger partial charge on any atom is -0.484 e. The van der Waals surface area contributed by atoms with Gasteiger partial charge in [0.25, 0.3) is 0 Å². The minimum absolute atomic E-state index is 0.0115. The Bertz CT molecular complexity index is 458. The molecule has 6 heteroatoms. The van der Waals surface area contributed by atoms with Gasteiger partial charge in [0.2, 0.25) is 0 Å². The summed E-state index contributed by atoms with van der Waals surface area (Å²) in [6, 6.07) is 6.66. The average molecular weight is 266 g/mol. The summed E-state index contributed by atoms with van der Waals surface area (Å²) in [7, 11) is 0. The normalized spacial score (nSPS) is 17.8. The summed E-state index contributed by atoms with van der Waals surface area (Å²) in [5.74, 6) is 0.180. The highest BCUT2D eigenvalue weighted by Gasteiger charge is 2.28. The van der Waals surface area contributed by atoms with Crippen molar-refractivity contribution in [3.63, 3.8) is 0 Å². The molecule has 0 heterocycles. The van der Waals surface area contributed by atoms with Gasteiger partial charge in [-0.05, 0) is 25.8 Å². The molecule has 0 saturated heterocycles. The lowest BCUT2D eigenvalue weighted by atomic mass is 10.1. The van der Waals surface area contributed by atoms with Crippen molar-refractivity contribution in [2.24, 2.45) is 0 Å². The molecule has 2 rings (SSSR count). The van der Waals surface area contributed by atoms with Crippen molar-refractivity contribution in [3.05, 3.63) is 34.4 Å². The number of nitrogens with zero attached hydrogens (tertiary/aromatic N) is 1. The van der Waals surface area contributed by atoms with Crippen LogP contribution < -0.4 is 10.1 Å². The van der Waals surface area contributed by atoms with Crippen molar-refractivity contribution in [2.75, 3.05) is 13.2 Å². The van der Waals surface area contributed by atoms with Crippen molar-refractivity contribution in [1.29, 1.82) is 0 Å². The van der Waals surface area contributed by atoms with Gasteiger partial charge in [-0.1, -0.05) is 12.1 Å². The molecule has 1 unspecified atom stereocenters. The maximum Gasteiger partial charge on any atom is 0.310 e. The fourth-order valence-corrected chi connectivity index (χ4v) is 1.67. The van der Waals surface area contributed by atoms with Gasteiger partial charge in [0.15, 0.2) is 5.75 Å². The number of nitro groups is 1. The van der Waals surface area contributed by atoms with Crippen molar-refractivity contribution in [2.45, 2.75) is 31.4 Å². The van der Waals surface area contributed by atoms with E-state index in [0.717, 1.165) is 12.8 Å². The van der Waals surface area contributed by atoms with E-state index >= 15 is 0 Å². The first-order valence-corrected chi connectivity index (χ1v) is 6.30. The number of aliphatic hydroxyl groups is 1. The van der Waals surface area contributed by atoms with Crippen molar-refractivity contribution in [1.82, 2.24) is 5.32 Å². The lowest BCUT2D eigenvalue weighted by Crippen LogP contribution is -2.43. The first-order chi connectivity index (χ1) is 8.98. The minimum atomic E-state index is -1.05. The predicted octanol–water partition coefficient (Wildman–Crippen LogP) is 1.48. The fourth-order valence-electron chi connectivity index (χ4n) is 1.67. The van der Waals surface area contributed by atoms with Gasteiger partial charge in [-0.25, -0.2) is 0 Å². The van der Waals surface area contributed by atoms with Crippen LogP contribution >= 0.6 is 0 Å². The third-order valence-corrected chi connectivity index (χ3v) is 2.95. The van der Waals surface area contributed by atoms with Gasteiger partial charge in [0, 0.05) is 18.7 Å². The number of nitrogens with one attached hydrogen (secondary N) is 1. The first kappa shape index (κ1) is 13.8. The van der Waals surface area contributed by atoms with E-state index in [1.807, 2.05) is 0 Å². The summed E-state index contributed by atoms with van der Waals surface area (Å²) in [4.78, 5) is 10.3. The standard InChI is InChI=1S/C13H18N2O4/c1-13(16,8-14-10-6-7-10)9-19-12-5-3-2-4-11(12)15(17)18/h2-5,10,14,16H,6-9H2,1H3. The molecule has 1 saturated carbocycles. The molecule has 19 heavy (non-hydrogen) atoms. The Labute approximate surface area is 111 Å². The topological polar surface area (TPSA) is 84.6 Å². The highest BCUT2D eigenvalue weighted by molar-refractivity contribution is 5.45. The summed E-state index contributed by atoms with van der Waals surface area (Å²) in [6.07, 6.45) is 2.28. The van der Waals surface area contributed by atoms with Gasteiger partial charge >= 0.3 is 5.69 Å². The predicted molar refractivity (Wildman–Crippen MR) is 70.2 cm³/mol. The van der Waals surface area contributed by atoms with E-state index in [-0.39, 0.29) is 18.0 Å². The Morgan fingerprint density at radius 3 is 2.84 bits per heavy atom. The zero-order valence-electron chi connectivity index (χ0n) is 10.8. The molecule has 104 valence electrons. The van der Waals surface area contributed by atoms with Gasteiger partial charge in [0.1, 0.15) is 12.2 Å². The second-order valence-electron chi connectivity index (χ2n) is 5.17. The molecule has 0 bridgehead atoms. The zero-order valence-corrected chi connectivity index (χ0v) is 10.8. The Kier molecular flexibility index (Phi) is 4.01. The summed E-state index contributed by atoms with van der Waals surface area (Å²) in [5.41, 5.74) is -1.14. The fraction of sp³-hybridized carbons (Fsp3) is 0.538. The molecule has 6 nitrogen and oxygen atoms in total. The number of nitro benzene ring substituents is 1. The van der Waals surface area contributed by atoms with Crippen molar-refractivity contribution >= 4 is 5.69 Å². The SMILES string of the molecule is CC(O)(CNC1CC1)COc1ccccc1[N+](=O)[O-]. The van der Waals surface area contributed by atoms with Crippen LogP contribution in [0.25, 0.3) is 0 Å². The summed E-state index contributed by atoms with van der Waals surface area (Å²) in [5, 5.41) is 24.2. The quantitative estimate of drug-likeness (QED) is 0.576. The molecule has 0 aromatic heterocycles. The smallest absolute Gasteiger partial charge is 0.310 e. The van der Waals surface area contributed by atoms with Gasteiger partial charge in [-0.2, -0.15) is 0 Å². The molecule has 1 atom stereocenters. The molecule has 0 radical (unpaired) electrons. The van der Waals surface area contributed by atoms with Crippen LogP contribution in [0.1, 0.15) is 19.8 Å². The Morgan fingerprint density at radius 1 is 1.53 bits per heavy atom. The third kappa shape index (κ3) is 4.18. The second kappa shape index (κ2) is 5.54. The molecule has 1 aliphatic rings. The van der Waals surface area contributed by atoms with Crippen LogP contribution in [-0.4, -0.2) is 34.8 Å². The highest BCUT2D eigenvalue weighted by atomic mass is 16.6. The molecule has 2 N–H and O–H groups in total. The van der Waals surface area contributed by atoms with Gasteiger partial charge < -0.3 is 15.2 Å². The van der Waals surface area contributed by atoms with Crippen LogP contribution in [0, 0.1) is 10.1 Å². The molecular formula is C13H18N2O4. The maximum absolute atomic E-state index is 10.8. The molecule has 0 aliphatic heterocycles. The van der Waals surface area contributed by atoms with Crippen LogP contribution in [0.5, 0.6) is 5.75 Å². The van der Waals surface area contributed by atoms with Gasteiger partial charge in [-0.3, -0.25) is 10.1 Å². The van der Waals surface area contributed by atoms with Gasteiger partial charge in [0.05, 0.1) is 4.92 Å². The monoisotopic (exact) mass is 266 g/mol. The lowest BCUT2D eigenvalue weighted by Gasteiger charge is -2.23. The van der Waals surface area contributed by atoms with Gasteiger partial charge in [-0.15, -0.1) is 0 Å². The van der Waals surface area contributed by atoms with E-state index in [1.165, 1.54) is 12.1 Å². The van der Waals surface area contributed by atoms with E-state index in [2.05, 4.69) is 5.32 Å². The summed E-state index contributed by atoms with van der Waals surface area (Å²) >= 11 is 0. The average Bonchev–Trinajstić information content (AvgIpc) is 3.18. The van der Waals surface area contributed by atoms with Crippen LogP contribution in [-0.2, 0) is 0 Å². The number of hydrogen-bond acceptors (Lipinski definition) is 5. The lowest BCUT2D eigenvalue weighted by molar-refractivity contribution is -0.386. The third-order valence-electron chi connectivity index (χ3n) is 2.95. The number of para-hydroxylation sites is 2. The molecule has 0 amide bonds. The molecular weight excluding hydrogens is 248 g/mol. The van der Waals surface area contributed by atoms with E-state index < -0.39 is 10.5 Å². The molecule has 1 aromatic rings. The number of hydrogen-bond donors (Lipinski definition) is 2. The number of ether oxygens (including phenoxy) is 1. The summed E-state index contributed by atoms with van der Waals surface area (Å²) < 4.78 is 5.38. The van der Waals surface area contributed by atoms with E-state index in [0.29, 0.717) is 12.6 Å². The van der Waals surface area contributed by atoms with Crippen molar-refractivity contribution < 1.29 is 14.8 Å². The Hall–Kier alpha value is -1.66. The number of rotatable bonds is 7. The van der Waals surface area contributed by atoms with E-state index in [4.69, 9.17) is 4.74 Å². The Balaban J connectivity index is 1.91. The second-order valence-corrected chi connectivity index (χ2v) is 5.17. The van der Waals surface area contributed by atoms with E-state index in [9.17, 15) is 15.2 Å². The van der Waals surface area contributed by atoms with E-state index in [1.54, 1.807) is 19.1 Å². The summed E-state index contributed by atoms with van der Waals surface area (Å²) in [6.45, 7) is 2.08. The van der Waals surface area contributed by atoms with Crippen LogP contribution in [0.3, 0.4) is 0 Å². The molecule has 0 spiro atoms. The Morgan fingerprint density at radius 2 is 2.21 bits per heavy atom. The number of benzene rings is 1. The maximum atomic E-state index is 10.8. The highest BCUT2D eigenvalue weighted by Crippen LogP contribution is 2.26. The molecule has 1 aromatic carbocycles. The zero-order chi connectivity index (χ0) is 13.9. The van der Waals surface area contributed by atoms with Crippen molar-refractivity contribution in [3.8, 4) is 5.75 Å². The first-order valence-electron chi connectivity index (χ1n) is 6.30. The molecule has 1 fully saturated rings.